The van der Waals surface area contributed by atoms with Crippen molar-refractivity contribution in [1.82, 2.24) is 4.90 Å². The summed E-state index contributed by atoms with van der Waals surface area (Å²) in [5.74, 6) is 1.85. The van der Waals surface area contributed by atoms with Crippen LogP contribution < -0.4 is 5.73 Å². The van der Waals surface area contributed by atoms with Gasteiger partial charge >= 0.3 is 0 Å². The molecule has 0 radical (unpaired) electrons. The Morgan fingerprint density at radius 2 is 1.85 bits per heavy atom. The molecule has 0 aromatic heterocycles. The van der Waals surface area contributed by atoms with Crippen molar-refractivity contribution in [2.24, 2.45) is 17.6 Å². The molecule has 1 saturated heterocycles. The molecule has 1 aliphatic heterocycles. The van der Waals surface area contributed by atoms with Gasteiger partial charge in [-0.05, 0) is 36.9 Å². The van der Waals surface area contributed by atoms with Crippen LogP contribution in [0.15, 0.2) is 0 Å². The summed E-state index contributed by atoms with van der Waals surface area (Å²) in [5, 5.41) is 0.601. The predicted octanol–water partition coefficient (Wildman–Crippen LogP) is 1.74. The van der Waals surface area contributed by atoms with Crippen LogP contribution in [0, 0.1) is 11.8 Å². The Bertz CT molecular complexity index is 205. The van der Waals surface area contributed by atoms with E-state index in [2.05, 4.69) is 4.90 Å². The first-order chi connectivity index (χ1) is 6.27. The first-order valence-electron chi connectivity index (χ1n) is 5.32. The van der Waals surface area contributed by atoms with Crippen molar-refractivity contribution in [3.63, 3.8) is 0 Å². The fraction of sp³-hybridized carbons (Fsp3) is 0.900. The van der Waals surface area contributed by atoms with Crippen LogP contribution in [0.2, 0.25) is 0 Å². The highest BCUT2D eigenvalue weighted by molar-refractivity contribution is 7.80. The zero-order valence-electron chi connectivity index (χ0n) is 8.04. The SMILES string of the molecule is NC(=S)N1CCC2CCCCC2C1. The molecule has 0 aromatic rings. The zero-order chi connectivity index (χ0) is 9.26. The van der Waals surface area contributed by atoms with E-state index in [9.17, 15) is 0 Å². The van der Waals surface area contributed by atoms with Crippen molar-refractivity contribution in [1.29, 1.82) is 0 Å². The quantitative estimate of drug-likeness (QED) is 0.601. The first-order valence-corrected chi connectivity index (χ1v) is 5.72. The molecule has 2 N–H and O–H groups in total. The summed E-state index contributed by atoms with van der Waals surface area (Å²) in [6.45, 7) is 2.22. The van der Waals surface area contributed by atoms with E-state index in [1.54, 1.807) is 0 Å². The van der Waals surface area contributed by atoms with E-state index >= 15 is 0 Å². The van der Waals surface area contributed by atoms with Gasteiger partial charge in [-0.3, -0.25) is 0 Å². The third kappa shape index (κ3) is 1.96. The number of hydrogen-bond donors (Lipinski definition) is 1. The minimum absolute atomic E-state index is 0.601. The number of fused-ring (bicyclic) bond motifs is 1. The first kappa shape index (κ1) is 9.25. The molecule has 2 rings (SSSR count). The van der Waals surface area contributed by atoms with Gasteiger partial charge in [0.15, 0.2) is 5.11 Å². The van der Waals surface area contributed by atoms with E-state index in [1.165, 1.54) is 32.1 Å². The van der Waals surface area contributed by atoms with E-state index in [0.717, 1.165) is 24.9 Å². The van der Waals surface area contributed by atoms with Gasteiger partial charge in [0.25, 0.3) is 0 Å². The van der Waals surface area contributed by atoms with Crippen LogP contribution in [-0.2, 0) is 0 Å². The number of hydrogen-bond acceptors (Lipinski definition) is 1. The second-order valence-corrected chi connectivity index (χ2v) is 4.80. The maximum Gasteiger partial charge on any atom is 0.166 e. The van der Waals surface area contributed by atoms with Crippen LogP contribution in [0.5, 0.6) is 0 Å². The lowest BCUT2D eigenvalue weighted by molar-refractivity contribution is 0.131. The molecule has 2 fully saturated rings. The lowest BCUT2D eigenvalue weighted by Crippen LogP contribution is -2.46. The number of rotatable bonds is 0. The number of nitrogens with zero attached hydrogens (tertiary/aromatic N) is 1. The van der Waals surface area contributed by atoms with Crippen molar-refractivity contribution in [3.05, 3.63) is 0 Å². The molecule has 2 atom stereocenters. The molecule has 2 nitrogen and oxygen atoms in total. The lowest BCUT2D eigenvalue weighted by atomic mass is 9.75. The predicted molar refractivity (Wildman–Crippen MR) is 58.4 cm³/mol. The van der Waals surface area contributed by atoms with Crippen LogP contribution in [0.3, 0.4) is 0 Å². The number of likely N-dealkylation sites (tertiary alicyclic amines) is 1. The summed E-state index contributed by atoms with van der Waals surface area (Å²) in [4.78, 5) is 2.18. The molecule has 1 aliphatic carbocycles. The molecular formula is C10H18N2S. The van der Waals surface area contributed by atoms with Gasteiger partial charge in [-0.2, -0.15) is 0 Å². The van der Waals surface area contributed by atoms with Crippen LogP contribution in [0.1, 0.15) is 32.1 Å². The molecule has 1 saturated carbocycles. The Hall–Kier alpha value is -0.310. The Kier molecular flexibility index (Phi) is 2.72. The van der Waals surface area contributed by atoms with Gasteiger partial charge in [-0.15, -0.1) is 0 Å². The molecule has 0 amide bonds. The van der Waals surface area contributed by atoms with Crippen molar-refractivity contribution < 1.29 is 0 Å². The molecule has 74 valence electrons. The normalized spacial score (nSPS) is 34.0. The lowest BCUT2D eigenvalue weighted by Gasteiger charge is -2.41. The monoisotopic (exact) mass is 198 g/mol. The highest BCUT2D eigenvalue weighted by Gasteiger charge is 2.31. The second-order valence-electron chi connectivity index (χ2n) is 4.38. The highest BCUT2D eigenvalue weighted by Crippen LogP contribution is 2.35. The van der Waals surface area contributed by atoms with Gasteiger partial charge in [0, 0.05) is 13.1 Å². The van der Waals surface area contributed by atoms with E-state index in [1.807, 2.05) is 0 Å². The van der Waals surface area contributed by atoms with Crippen molar-refractivity contribution in [2.45, 2.75) is 32.1 Å². The van der Waals surface area contributed by atoms with Gasteiger partial charge in [-0.1, -0.05) is 19.3 Å². The molecule has 0 spiro atoms. The van der Waals surface area contributed by atoms with Gasteiger partial charge in [0.05, 0.1) is 0 Å². The third-order valence-electron chi connectivity index (χ3n) is 3.60. The van der Waals surface area contributed by atoms with E-state index in [4.69, 9.17) is 18.0 Å². The van der Waals surface area contributed by atoms with Crippen molar-refractivity contribution in [3.8, 4) is 0 Å². The summed E-state index contributed by atoms with van der Waals surface area (Å²) < 4.78 is 0. The summed E-state index contributed by atoms with van der Waals surface area (Å²) in [6, 6.07) is 0. The fourth-order valence-corrected chi connectivity index (χ4v) is 2.97. The molecule has 13 heavy (non-hydrogen) atoms. The maximum atomic E-state index is 5.65. The number of piperidine rings is 1. The molecule has 0 aromatic carbocycles. The molecule has 0 bridgehead atoms. The zero-order valence-corrected chi connectivity index (χ0v) is 8.85. The van der Waals surface area contributed by atoms with Crippen LogP contribution in [-0.4, -0.2) is 23.1 Å². The standard InChI is InChI=1S/C10H18N2S/c11-10(13)12-6-5-8-3-1-2-4-9(8)7-12/h8-9H,1-7H2,(H2,11,13). The van der Waals surface area contributed by atoms with Crippen LogP contribution in [0.4, 0.5) is 0 Å². The summed E-state index contributed by atoms with van der Waals surface area (Å²) >= 11 is 5.01. The van der Waals surface area contributed by atoms with Gasteiger partial charge in [-0.25, -0.2) is 0 Å². The van der Waals surface area contributed by atoms with Crippen molar-refractivity contribution >= 4 is 17.3 Å². The Morgan fingerprint density at radius 1 is 1.15 bits per heavy atom. The summed E-state index contributed by atoms with van der Waals surface area (Å²) in [5.41, 5.74) is 5.65. The molecule has 3 heteroatoms. The number of nitrogens with two attached hydrogens (primary N) is 1. The Balaban J connectivity index is 1.95. The fourth-order valence-electron chi connectivity index (χ4n) is 2.80. The second kappa shape index (κ2) is 3.82. The van der Waals surface area contributed by atoms with E-state index in [-0.39, 0.29) is 0 Å². The molecule has 2 aliphatic rings. The van der Waals surface area contributed by atoms with Gasteiger partial charge < -0.3 is 10.6 Å². The Morgan fingerprint density at radius 3 is 2.54 bits per heavy atom. The van der Waals surface area contributed by atoms with Crippen molar-refractivity contribution in [2.75, 3.05) is 13.1 Å². The summed E-state index contributed by atoms with van der Waals surface area (Å²) in [7, 11) is 0. The van der Waals surface area contributed by atoms with Gasteiger partial charge in [0.1, 0.15) is 0 Å². The minimum Gasteiger partial charge on any atom is -0.376 e. The van der Waals surface area contributed by atoms with E-state index < -0.39 is 0 Å². The highest BCUT2D eigenvalue weighted by atomic mass is 32.1. The maximum absolute atomic E-state index is 5.65. The smallest absolute Gasteiger partial charge is 0.166 e. The third-order valence-corrected chi connectivity index (χ3v) is 3.86. The molecule has 1 heterocycles. The summed E-state index contributed by atoms with van der Waals surface area (Å²) in [6.07, 6.45) is 6.99. The average molecular weight is 198 g/mol. The Labute approximate surface area is 85.5 Å². The van der Waals surface area contributed by atoms with E-state index in [0.29, 0.717) is 5.11 Å². The molecule has 2 unspecified atom stereocenters. The largest absolute Gasteiger partial charge is 0.376 e. The van der Waals surface area contributed by atoms with Gasteiger partial charge in [0.2, 0.25) is 0 Å². The minimum atomic E-state index is 0.601. The molecular weight excluding hydrogens is 180 g/mol. The number of thiocarbonyl (C=S) groups is 1. The topological polar surface area (TPSA) is 29.3 Å². The van der Waals surface area contributed by atoms with Crippen LogP contribution >= 0.6 is 12.2 Å². The average Bonchev–Trinajstić information content (AvgIpc) is 2.17. The van der Waals surface area contributed by atoms with Crippen LogP contribution in [0.25, 0.3) is 0 Å².